The zero-order valence-corrected chi connectivity index (χ0v) is 12.1. The molecule has 0 amide bonds. The van der Waals surface area contributed by atoms with Gasteiger partial charge in [-0.3, -0.25) is 0 Å². The summed E-state index contributed by atoms with van der Waals surface area (Å²) in [5.41, 5.74) is 0.665. The van der Waals surface area contributed by atoms with Crippen LogP contribution in [0.3, 0.4) is 0 Å². The highest BCUT2D eigenvalue weighted by Crippen LogP contribution is 2.39. The summed E-state index contributed by atoms with van der Waals surface area (Å²) in [6, 6.07) is 15.4. The summed E-state index contributed by atoms with van der Waals surface area (Å²) in [5, 5.41) is 10.9. The van der Waals surface area contributed by atoms with Crippen molar-refractivity contribution >= 4 is 0 Å². The molecule has 0 spiro atoms. The molecule has 0 bridgehead atoms. The highest BCUT2D eigenvalue weighted by Gasteiger charge is 2.30. The molecule has 106 valence electrons. The summed E-state index contributed by atoms with van der Waals surface area (Å²) >= 11 is 0. The van der Waals surface area contributed by atoms with E-state index in [1.165, 1.54) is 0 Å². The molecule has 0 saturated heterocycles. The summed E-state index contributed by atoms with van der Waals surface area (Å²) in [7, 11) is 3.19. The Kier molecular flexibility index (Phi) is 4.30. The molecule has 3 heteroatoms. The lowest BCUT2D eigenvalue weighted by molar-refractivity contribution is 0.0522. The Balaban J connectivity index is 2.43. The zero-order chi connectivity index (χ0) is 14.6. The Morgan fingerprint density at radius 1 is 0.900 bits per heavy atom. The maximum atomic E-state index is 10.9. The van der Waals surface area contributed by atoms with Gasteiger partial charge in [-0.2, -0.15) is 0 Å². The monoisotopic (exact) mass is 272 g/mol. The molecule has 1 unspecified atom stereocenters. The van der Waals surface area contributed by atoms with Gasteiger partial charge < -0.3 is 14.6 Å². The number of ether oxygens (including phenoxy) is 2. The molecule has 20 heavy (non-hydrogen) atoms. The Hall–Kier alpha value is -2.00. The van der Waals surface area contributed by atoms with Crippen LogP contribution in [0.4, 0.5) is 0 Å². The second-order valence-electron chi connectivity index (χ2n) is 4.97. The van der Waals surface area contributed by atoms with Crippen molar-refractivity contribution in [2.24, 2.45) is 0 Å². The maximum Gasteiger partial charge on any atom is 0.128 e. The Labute approximate surface area is 119 Å². The van der Waals surface area contributed by atoms with Gasteiger partial charge in [-0.1, -0.05) is 36.4 Å². The molecule has 2 aromatic rings. The van der Waals surface area contributed by atoms with E-state index in [-0.39, 0.29) is 0 Å². The normalized spacial score (nSPS) is 13.6. The van der Waals surface area contributed by atoms with Gasteiger partial charge in [0.15, 0.2) is 0 Å². The first kappa shape index (κ1) is 14.4. The van der Waals surface area contributed by atoms with Gasteiger partial charge in [-0.25, -0.2) is 0 Å². The topological polar surface area (TPSA) is 38.7 Å². The molecule has 0 saturated carbocycles. The minimum atomic E-state index is -1.07. The minimum absolute atomic E-state index is 0.491. The first-order valence-corrected chi connectivity index (χ1v) is 6.56. The lowest BCUT2D eigenvalue weighted by Crippen LogP contribution is -2.25. The van der Waals surface area contributed by atoms with E-state index >= 15 is 0 Å². The molecular weight excluding hydrogens is 252 g/mol. The van der Waals surface area contributed by atoms with Crippen molar-refractivity contribution in [3.63, 3.8) is 0 Å². The fourth-order valence-electron chi connectivity index (χ4n) is 2.46. The third-order valence-corrected chi connectivity index (χ3v) is 3.36. The van der Waals surface area contributed by atoms with E-state index in [1.807, 2.05) is 48.5 Å². The van der Waals surface area contributed by atoms with Crippen molar-refractivity contribution in [1.29, 1.82) is 0 Å². The number of methoxy groups -OCH3 is 2. The van der Waals surface area contributed by atoms with Gasteiger partial charge in [0.05, 0.1) is 25.4 Å². The summed E-state index contributed by atoms with van der Waals surface area (Å²) < 4.78 is 10.7. The number of hydrogen-bond donors (Lipinski definition) is 1. The van der Waals surface area contributed by atoms with E-state index < -0.39 is 5.60 Å². The van der Waals surface area contributed by atoms with Crippen molar-refractivity contribution in [1.82, 2.24) is 0 Å². The van der Waals surface area contributed by atoms with E-state index in [9.17, 15) is 5.11 Å². The van der Waals surface area contributed by atoms with Gasteiger partial charge in [-0.05, 0) is 24.6 Å². The molecular formula is C17H20O3. The number of rotatable bonds is 5. The smallest absolute Gasteiger partial charge is 0.128 e. The number of hydrogen-bond acceptors (Lipinski definition) is 3. The highest BCUT2D eigenvalue weighted by atomic mass is 16.5. The fourth-order valence-corrected chi connectivity index (χ4v) is 2.46. The number of aliphatic hydroxyl groups is 1. The van der Waals surface area contributed by atoms with Crippen LogP contribution in [0, 0.1) is 0 Å². The molecule has 0 aromatic heterocycles. The van der Waals surface area contributed by atoms with Crippen molar-refractivity contribution in [3.8, 4) is 11.5 Å². The molecule has 0 heterocycles. The van der Waals surface area contributed by atoms with Gasteiger partial charge >= 0.3 is 0 Å². The lowest BCUT2D eigenvalue weighted by atomic mass is 9.87. The molecule has 3 nitrogen and oxygen atoms in total. The van der Waals surface area contributed by atoms with Crippen molar-refractivity contribution in [2.45, 2.75) is 18.9 Å². The number of benzene rings is 2. The Morgan fingerprint density at radius 3 is 1.95 bits per heavy atom. The quantitative estimate of drug-likeness (QED) is 0.908. The molecule has 1 N–H and O–H groups in total. The molecule has 0 radical (unpaired) electrons. The minimum Gasteiger partial charge on any atom is -0.496 e. The SMILES string of the molecule is COc1cccc(OC)c1C(C)(O)Cc1ccccc1. The van der Waals surface area contributed by atoms with Crippen LogP contribution in [0.1, 0.15) is 18.1 Å². The fraction of sp³-hybridized carbons (Fsp3) is 0.294. The van der Waals surface area contributed by atoms with Crippen LogP contribution in [0.2, 0.25) is 0 Å². The third kappa shape index (κ3) is 2.94. The van der Waals surface area contributed by atoms with Crippen LogP contribution in [0.15, 0.2) is 48.5 Å². The van der Waals surface area contributed by atoms with Gasteiger partial charge in [0, 0.05) is 6.42 Å². The predicted molar refractivity (Wildman–Crippen MR) is 79.3 cm³/mol. The van der Waals surface area contributed by atoms with Crippen LogP contribution in [-0.2, 0) is 12.0 Å². The van der Waals surface area contributed by atoms with E-state index in [1.54, 1.807) is 21.1 Å². The average molecular weight is 272 g/mol. The van der Waals surface area contributed by atoms with Gasteiger partial charge in [0.25, 0.3) is 0 Å². The predicted octanol–water partition coefficient (Wildman–Crippen LogP) is 3.15. The maximum absolute atomic E-state index is 10.9. The van der Waals surface area contributed by atoms with Crippen LogP contribution < -0.4 is 9.47 Å². The average Bonchev–Trinajstić information content (AvgIpc) is 2.46. The molecule has 0 aliphatic carbocycles. The second kappa shape index (κ2) is 5.97. The summed E-state index contributed by atoms with van der Waals surface area (Å²) in [5.74, 6) is 1.26. The van der Waals surface area contributed by atoms with Crippen LogP contribution >= 0.6 is 0 Å². The van der Waals surface area contributed by atoms with Crippen molar-refractivity contribution < 1.29 is 14.6 Å². The van der Waals surface area contributed by atoms with Crippen LogP contribution in [-0.4, -0.2) is 19.3 Å². The molecule has 1 atom stereocenters. The molecule has 0 fully saturated rings. The molecule has 0 aliphatic heterocycles. The van der Waals surface area contributed by atoms with Crippen molar-refractivity contribution in [2.75, 3.05) is 14.2 Å². The third-order valence-electron chi connectivity index (χ3n) is 3.36. The lowest BCUT2D eigenvalue weighted by Gasteiger charge is -2.27. The highest BCUT2D eigenvalue weighted by molar-refractivity contribution is 5.49. The molecule has 2 rings (SSSR count). The van der Waals surface area contributed by atoms with Crippen molar-refractivity contribution in [3.05, 3.63) is 59.7 Å². The Morgan fingerprint density at radius 2 is 1.45 bits per heavy atom. The van der Waals surface area contributed by atoms with E-state index in [2.05, 4.69) is 0 Å². The van der Waals surface area contributed by atoms with Gasteiger partial charge in [-0.15, -0.1) is 0 Å². The van der Waals surface area contributed by atoms with Crippen LogP contribution in [0.25, 0.3) is 0 Å². The van der Waals surface area contributed by atoms with E-state index in [4.69, 9.17) is 9.47 Å². The van der Waals surface area contributed by atoms with E-state index in [0.717, 1.165) is 5.56 Å². The van der Waals surface area contributed by atoms with E-state index in [0.29, 0.717) is 23.5 Å². The first-order valence-electron chi connectivity index (χ1n) is 6.56. The first-order chi connectivity index (χ1) is 9.58. The summed E-state index contributed by atoms with van der Waals surface area (Å²) in [6.07, 6.45) is 0.491. The van der Waals surface area contributed by atoms with Gasteiger partial charge in [0.1, 0.15) is 11.5 Å². The zero-order valence-electron chi connectivity index (χ0n) is 12.1. The second-order valence-corrected chi connectivity index (χ2v) is 4.97. The standard InChI is InChI=1S/C17H20O3/c1-17(18,12-13-8-5-4-6-9-13)16-14(19-2)10-7-11-15(16)20-3/h4-11,18H,12H2,1-3H3. The van der Waals surface area contributed by atoms with Gasteiger partial charge in [0.2, 0.25) is 0 Å². The van der Waals surface area contributed by atoms with Crippen LogP contribution in [0.5, 0.6) is 11.5 Å². The molecule has 2 aromatic carbocycles. The summed E-state index contributed by atoms with van der Waals surface area (Å²) in [4.78, 5) is 0. The largest absolute Gasteiger partial charge is 0.496 e. The summed E-state index contributed by atoms with van der Waals surface area (Å²) in [6.45, 7) is 1.78. The molecule has 0 aliphatic rings. The Bertz CT molecular complexity index is 539.